The lowest BCUT2D eigenvalue weighted by atomic mass is 10.2. The Morgan fingerprint density at radius 1 is 1.19 bits per heavy atom. The Labute approximate surface area is 124 Å². The summed E-state index contributed by atoms with van der Waals surface area (Å²) in [4.78, 5) is 24.5. The van der Waals surface area contributed by atoms with Crippen LogP contribution in [0.15, 0.2) is 18.2 Å². The Morgan fingerprint density at radius 2 is 1.86 bits per heavy atom. The van der Waals surface area contributed by atoms with Crippen molar-refractivity contribution in [2.24, 2.45) is 0 Å². The molecule has 0 atom stereocenters. The van der Waals surface area contributed by atoms with Gasteiger partial charge in [0.05, 0.1) is 7.11 Å². The van der Waals surface area contributed by atoms with Crippen LogP contribution in [0.4, 0.5) is 4.79 Å². The molecule has 0 saturated carbocycles. The van der Waals surface area contributed by atoms with Crippen LogP contribution in [0.5, 0.6) is 11.5 Å². The van der Waals surface area contributed by atoms with Gasteiger partial charge in [-0.15, -0.1) is 0 Å². The van der Waals surface area contributed by atoms with E-state index in [1.54, 1.807) is 23.1 Å². The smallest absolute Gasteiger partial charge is 0.415 e. The topological polar surface area (TPSA) is 65.1 Å². The number of carbonyl (C=O) groups excluding carboxylic acids is 2. The van der Waals surface area contributed by atoms with E-state index in [1.165, 1.54) is 7.11 Å². The van der Waals surface area contributed by atoms with Crippen LogP contribution in [0.2, 0.25) is 0 Å². The second-order valence-electron chi connectivity index (χ2n) is 4.33. The van der Waals surface area contributed by atoms with Gasteiger partial charge in [0.2, 0.25) is 0 Å². The highest BCUT2D eigenvalue weighted by atomic mass is 16.6. The number of ether oxygens (including phenoxy) is 3. The van der Waals surface area contributed by atoms with Crippen molar-refractivity contribution in [1.82, 2.24) is 4.90 Å². The summed E-state index contributed by atoms with van der Waals surface area (Å²) in [6.45, 7) is 6.56. The summed E-state index contributed by atoms with van der Waals surface area (Å²) in [5, 5.41) is 0. The van der Waals surface area contributed by atoms with Crippen LogP contribution in [0.3, 0.4) is 0 Å². The molecule has 1 aromatic rings. The summed E-state index contributed by atoms with van der Waals surface area (Å²) in [5.74, 6) is 0.377. The van der Waals surface area contributed by atoms with Crippen molar-refractivity contribution in [1.29, 1.82) is 0 Å². The lowest BCUT2D eigenvalue weighted by Crippen LogP contribution is -2.33. The van der Waals surface area contributed by atoms with Crippen molar-refractivity contribution in [3.05, 3.63) is 23.8 Å². The lowest BCUT2D eigenvalue weighted by Gasteiger charge is -2.18. The van der Waals surface area contributed by atoms with Gasteiger partial charge in [-0.3, -0.25) is 0 Å². The molecule has 0 N–H and O–H groups in total. The third kappa shape index (κ3) is 4.98. The summed E-state index contributed by atoms with van der Waals surface area (Å²) in [7, 11) is 1.29. The van der Waals surface area contributed by atoms with Crippen LogP contribution in [0.25, 0.3) is 0 Å². The molecule has 0 saturated heterocycles. The van der Waals surface area contributed by atoms with Crippen LogP contribution >= 0.6 is 0 Å². The highest BCUT2D eigenvalue weighted by Crippen LogP contribution is 2.24. The molecule has 0 bridgehead atoms. The van der Waals surface area contributed by atoms with Gasteiger partial charge in [-0.25, -0.2) is 9.59 Å². The SMILES string of the molecule is CCN(CC)C(=O)Oc1ccc(C)c(OCC(=O)OC)c1. The van der Waals surface area contributed by atoms with E-state index in [9.17, 15) is 9.59 Å². The van der Waals surface area contributed by atoms with Crippen molar-refractivity contribution in [2.45, 2.75) is 20.8 Å². The molecule has 0 fully saturated rings. The van der Waals surface area contributed by atoms with Gasteiger partial charge in [0.15, 0.2) is 6.61 Å². The van der Waals surface area contributed by atoms with Gasteiger partial charge in [0, 0.05) is 19.2 Å². The molecular weight excluding hydrogens is 274 g/mol. The number of methoxy groups -OCH3 is 1. The van der Waals surface area contributed by atoms with Crippen molar-refractivity contribution in [3.63, 3.8) is 0 Å². The highest BCUT2D eigenvalue weighted by Gasteiger charge is 2.13. The Kier molecular flexibility index (Phi) is 6.52. The average molecular weight is 295 g/mol. The van der Waals surface area contributed by atoms with Crippen LogP contribution in [-0.4, -0.2) is 43.8 Å². The van der Waals surface area contributed by atoms with E-state index >= 15 is 0 Å². The molecule has 0 aliphatic carbocycles. The van der Waals surface area contributed by atoms with Crippen LogP contribution in [0.1, 0.15) is 19.4 Å². The fraction of sp³-hybridized carbons (Fsp3) is 0.467. The quantitative estimate of drug-likeness (QED) is 0.754. The maximum Gasteiger partial charge on any atom is 0.415 e. The predicted octanol–water partition coefficient (Wildman–Crippen LogP) is 2.39. The van der Waals surface area contributed by atoms with Crippen LogP contribution in [0, 0.1) is 6.92 Å². The normalized spacial score (nSPS) is 9.90. The first-order valence-corrected chi connectivity index (χ1v) is 6.78. The molecule has 116 valence electrons. The number of hydrogen-bond donors (Lipinski definition) is 0. The molecule has 0 unspecified atom stereocenters. The molecule has 0 aromatic heterocycles. The molecule has 1 rings (SSSR count). The van der Waals surface area contributed by atoms with Crippen LogP contribution < -0.4 is 9.47 Å². The van der Waals surface area contributed by atoms with Crippen molar-refractivity contribution in [2.75, 3.05) is 26.8 Å². The number of nitrogens with zero attached hydrogens (tertiary/aromatic N) is 1. The number of aryl methyl sites for hydroxylation is 1. The van der Waals surface area contributed by atoms with Gasteiger partial charge in [-0.1, -0.05) is 6.07 Å². The number of esters is 1. The fourth-order valence-corrected chi connectivity index (χ4v) is 1.64. The van der Waals surface area contributed by atoms with E-state index in [4.69, 9.17) is 9.47 Å². The molecule has 0 heterocycles. The number of amides is 1. The molecule has 0 aliphatic heterocycles. The largest absolute Gasteiger partial charge is 0.481 e. The van der Waals surface area contributed by atoms with Gasteiger partial charge < -0.3 is 19.1 Å². The molecule has 1 aromatic carbocycles. The number of carbonyl (C=O) groups is 2. The zero-order valence-electron chi connectivity index (χ0n) is 12.8. The maximum atomic E-state index is 11.9. The molecule has 6 heteroatoms. The minimum absolute atomic E-state index is 0.190. The van der Waals surface area contributed by atoms with Gasteiger partial charge in [-0.2, -0.15) is 0 Å². The van der Waals surface area contributed by atoms with E-state index < -0.39 is 12.1 Å². The molecule has 0 spiro atoms. The Hall–Kier alpha value is -2.24. The third-order valence-electron chi connectivity index (χ3n) is 2.96. The second kappa shape index (κ2) is 8.14. The van der Waals surface area contributed by atoms with Gasteiger partial charge >= 0.3 is 12.1 Å². The minimum atomic E-state index is -0.472. The Bertz CT molecular complexity index is 497. The first-order chi connectivity index (χ1) is 10.0. The molecule has 1 amide bonds. The Balaban J connectivity index is 2.76. The van der Waals surface area contributed by atoms with E-state index in [1.807, 2.05) is 20.8 Å². The van der Waals surface area contributed by atoms with E-state index in [-0.39, 0.29) is 6.61 Å². The average Bonchev–Trinajstić information content (AvgIpc) is 2.48. The Morgan fingerprint density at radius 3 is 2.43 bits per heavy atom. The van der Waals surface area contributed by atoms with Gasteiger partial charge in [0.1, 0.15) is 11.5 Å². The van der Waals surface area contributed by atoms with E-state index in [2.05, 4.69) is 4.74 Å². The zero-order valence-corrected chi connectivity index (χ0v) is 12.8. The summed E-state index contributed by atoms with van der Waals surface area (Å²) in [6.07, 6.45) is -0.414. The first kappa shape index (κ1) is 16.8. The highest BCUT2D eigenvalue weighted by molar-refractivity contribution is 5.71. The zero-order chi connectivity index (χ0) is 15.8. The first-order valence-electron chi connectivity index (χ1n) is 6.78. The molecule has 21 heavy (non-hydrogen) atoms. The van der Waals surface area contributed by atoms with Crippen molar-refractivity contribution in [3.8, 4) is 11.5 Å². The standard InChI is InChI=1S/C15H21NO5/c1-5-16(6-2)15(18)21-12-8-7-11(3)13(9-12)20-10-14(17)19-4/h7-9H,5-6,10H2,1-4H3. The minimum Gasteiger partial charge on any atom is -0.481 e. The molecular formula is C15H21NO5. The lowest BCUT2D eigenvalue weighted by molar-refractivity contribution is -0.142. The maximum absolute atomic E-state index is 11.9. The summed E-state index contributed by atoms with van der Waals surface area (Å²) >= 11 is 0. The van der Waals surface area contributed by atoms with Gasteiger partial charge in [0.25, 0.3) is 0 Å². The van der Waals surface area contributed by atoms with Crippen molar-refractivity contribution < 1.29 is 23.8 Å². The van der Waals surface area contributed by atoms with Crippen LogP contribution in [-0.2, 0) is 9.53 Å². The molecule has 6 nitrogen and oxygen atoms in total. The number of rotatable bonds is 6. The fourth-order valence-electron chi connectivity index (χ4n) is 1.64. The summed E-state index contributed by atoms with van der Waals surface area (Å²) in [6, 6.07) is 5.03. The van der Waals surface area contributed by atoms with E-state index in [0.29, 0.717) is 24.6 Å². The monoisotopic (exact) mass is 295 g/mol. The molecule has 0 aliphatic rings. The van der Waals surface area contributed by atoms with E-state index in [0.717, 1.165) is 5.56 Å². The molecule has 0 radical (unpaired) electrons. The van der Waals surface area contributed by atoms with Crippen molar-refractivity contribution >= 4 is 12.1 Å². The number of benzene rings is 1. The summed E-state index contributed by atoms with van der Waals surface area (Å²) in [5.41, 5.74) is 0.835. The second-order valence-corrected chi connectivity index (χ2v) is 4.33. The predicted molar refractivity (Wildman–Crippen MR) is 77.6 cm³/mol. The summed E-state index contributed by atoms with van der Waals surface area (Å²) < 4.78 is 15.1. The number of hydrogen-bond acceptors (Lipinski definition) is 5. The third-order valence-corrected chi connectivity index (χ3v) is 2.96. The van der Waals surface area contributed by atoms with Gasteiger partial charge in [-0.05, 0) is 32.4 Å².